The van der Waals surface area contributed by atoms with E-state index in [0.717, 1.165) is 11.3 Å². The Labute approximate surface area is 94.5 Å². The molecule has 0 amide bonds. The maximum absolute atomic E-state index is 5.57. The van der Waals surface area contributed by atoms with E-state index in [2.05, 4.69) is 40.4 Å². The Morgan fingerprint density at radius 3 is 2.75 bits per heavy atom. The van der Waals surface area contributed by atoms with Crippen LogP contribution in [0.4, 0.5) is 17.3 Å². The largest absolute Gasteiger partial charge is 0.382 e. The molecule has 0 saturated carbocycles. The fraction of sp³-hybridized carbons (Fsp3) is 0.167. The minimum Gasteiger partial charge on any atom is -0.382 e. The topological polar surface area (TPSA) is 63.8 Å². The number of nitrogens with two attached hydrogens (primary N) is 1. The summed E-state index contributed by atoms with van der Waals surface area (Å²) in [5.74, 6) is 1.07. The summed E-state index contributed by atoms with van der Waals surface area (Å²) in [7, 11) is 0. The zero-order chi connectivity index (χ0) is 11.5. The Balaban J connectivity index is 2.30. The highest BCUT2D eigenvalue weighted by atomic mass is 15.0. The first-order valence-corrected chi connectivity index (χ1v) is 5.07. The molecule has 2 aromatic rings. The molecule has 0 saturated heterocycles. The molecule has 4 nitrogen and oxygen atoms in total. The molecule has 0 aliphatic carbocycles. The lowest BCUT2D eigenvalue weighted by Crippen LogP contribution is -1.99. The summed E-state index contributed by atoms with van der Waals surface area (Å²) in [4.78, 5) is 8.13. The quantitative estimate of drug-likeness (QED) is 0.805. The standard InChI is InChI=1S/C12H14N4/c1-8-3-4-9(2)10(5-8)15-12-7-14-6-11(13)16-12/h3-7H,1-2H3,(H3,13,15,16). The predicted molar refractivity (Wildman–Crippen MR) is 65.6 cm³/mol. The summed E-state index contributed by atoms with van der Waals surface area (Å²) in [6.45, 7) is 4.09. The summed E-state index contributed by atoms with van der Waals surface area (Å²) in [6.07, 6.45) is 3.17. The first kappa shape index (κ1) is 10.4. The van der Waals surface area contributed by atoms with Crippen LogP contribution in [0.25, 0.3) is 0 Å². The second-order valence-electron chi connectivity index (χ2n) is 3.77. The van der Waals surface area contributed by atoms with Crippen LogP contribution in [0.3, 0.4) is 0 Å². The molecule has 1 aromatic carbocycles. The van der Waals surface area contributed by atoms with Crippen molar-refractivity contribution in [3.05, 3.63) is 41.7 Å². The number of anilines is 3. The zero-order valence-corrected chi connectivity index (χ0v) is 9.36. The molecule has 0 aliphatic rings. The summed E-state index contributed by atoms with van der Waals surface area (Å²) in [5, 5.41) is 3.20. The Bertz CT molecular complexity index is 508. The maximum atomic E-state index is 5.57. The third kappa shape index (κ3) is 2.28. The monoisotopic (exact) mass is 214 g/mol. The van der Waals surface area contributed by atoms with Gasteiger partial charge in [0.05, 0.1) is 12.4 Å². The first-order chi connectivity index (χ1) is 7.65. The third-order valence-corrected chi connectivity index (χ3v) is 2.31. The number of nitrogens with one attached hydrogen (secondary N) is 1. The molecular weight excluding hydrogens is 200 g/mol. The van der Waals surface area contributed by atoms with Crippen LogP contribution in [-0.2, 0) is 0 Å². The van der Waals surface area contributed by atoms with Crippen molar-refractivity contribution in [2.75, 3.05) is 11.1 Å². The highest BCUT2D eigenvalue weighted by Gasteiger charge is 2.01. The number of aryl methyl sites for hydroxylation is 2. The zero-order valence-electron chi connectivity index (χ0n) is 9.36. The lowest BCUT2D eigenvalue weighted by Gasteiger charge is -2.09. The van der Waals surface area contributed by atoms with E-state index in [4.69, 9.17) is 5.73 Å². The number of benzene rings is 1. The highest BCUT2D eigenvalue weighted by molar-refractivity contribution is 5.61. The molecule has 0 atom stereocenters. The molecule has 0 fully saturated rings. The average Bonchev–Trinajstić information content (AvgIpc) is 2.24. The van der Waals surface area contributed by atoms with E-state index in [1.807, 2.05) is 6.92 Å². The van der Waals surface area contributed by atoms with Gasteiger partial charge in [0.2, 0.25) is 0 Å². The summed E-state index contributed by atoms with van der Waals surface area (Å²) < 4.78 is 0. The molecule has 82 valence electrons. The number of nitrogens with zero attached hydrogens (tertiary/aromatic N) is 2. The molecule has 3 N–H and O–H groups in total. The van der Waals surface area contributed by atoms with Crippen molar-refractivity contribution in [3.63, 3.8) is 0 Å². The van der Waals surface area contributed by atoms with Gasteiger partial charge in [-0.2, -0.15) is 0 Å². The van der Waals surface area contributed by atoms with E-state index in [1.54, 1.807) is 6.20 Å². The van der Waals surface area contributed by atoms with E-state index >= 15 is 0 Å². The van der Waals surface area contributed by atoms with Crippen LogP contribution in [0, 0.1) is 13.8 Å². The predicted octanol–water partition coefficient (Wildman–Crippen LogP) is 2.42. The first-order valence-electron chi connectivity index (χ1n) is 5.07. The molecule has 0 unspecified atom stereocenters. The van der Waals surface area contributed by atoms with Crippen LogP contribution in [-0.4, -0.2) is 9.97 Å². The molecule has 0 bridgehead atoms. The van der Waals surface area contributed by atoms with E-state index in [1.165, 1.54) is 11.8 Å². The maximum Gasteiger partial charge on any atom is 0.151 e. The fourth-order valence-electron chi connectivity index (χ4n) is 1.45. The smallest absolute Gasteiger partial charge is 0.151 e. The fourth-order valence-corrected chi connectivity index (χ4v) is 1.45. The molecule has 1 heterocycles. The summed E-state index contributed by atoms with van der Waals surface area (Å²) in [5.41, 5.74) is 8.96. The van der Waals surface area contributed by atoms with Crippen LogP contribution in [0.5, 0.6) is 0 Å². The van der Waals surface area contributed by atoms with E-state index in [0.29, 0.717) is 11.6 Å². The van der Waals surface area contributed by atoms with Crippen molar-refractivity contribution < 1.29 is 0 Å². The minimum absolute atomic E-state index is 0.412. The van der Waals surface area contributed by atoms with Crippen LogP contribution in [0.15, 0.2) is 30.6 Å². The van der Waals surface area contributed by atoms with Crippen LogP contribution >= 0.6 is 0 Å². The minimum atomic E-state index is 0.412. The average molecular weight is 214 g/mol. The Hall–Kier alpha value is -2.10. The van der Waals surface area contributed by atoms with E-state index in [9.17, 15) is 0 Å². The van der Waals surface area contributed by atoms with Gasteiger partial charge in [-0.3, -0.25) is 4.98 Å². The summed E-state index contributed by atoms with van der Waals surface area (Å²) in [6, 6.07) is 6.21. The number of hydrogen-bond acceptors (Lipinski definition) is 4. The Morgan fingerprint density at radius 2 is 2.00 bits per heavy atom. The van der Waals surface area contributed by atoms with Crippen LogP contribution in [0.1, 0.15) is 11.1 Å². The van der Waals surface area contributed by atoms with E-state index < -0.39 is 0 Å². The number of rotatable bonds is 2. The van der Waals surface area contributed by atoms with Crippen molar-refractivity contribution in [3.8, 4) is 0 Å². The van der Waals surface area contributed by atoms with Crippen LogP contribution < -0.4 is 11.1 Å². The van der Waals surface area contributed by atoms with Gasteiger partial charge in [0.15, 0.2) is 5.82 Å². The normalized spacial score (nSPS) is 10.1. The molecule has 4 heteroatoms. The molecule has 2 rings (SSSR count). The molecular formula is C12H14N4. The van der Waals surface area contributed by atoms with Crippen molar-refractivity contribution in [1.29, 1.82) is 0 Å². The number of aromatic nitrogens is 2. The van der Waals surface area contributed by atoms with Crippen molar-refractivity contribution in [2.45, 2.75) is 13.8 Å². The molecule has 1 aromatic heterocycles. The van der Waals surface area contributed by atoms with Gasteiger partial charge in [0, 0.05) is 5.69 Å². The molecule has 0 spiro atoms. The van der Waals surface area contributed by atoms with Gasteiger partial charge < -0.3 is 11.1 Å². The molecule has 16 heavy (non-hydrogen) atoms. The number of nitrogen functional groups attached to an aromatic ring is 1. The molecule has 0 aliphatic heterocycles. The lowest BCUT2D eigenvalue weighted by atomic mass is 10.1. The second kappa shape index (κ2) is 4.18. The van der Waals surface area contributed by atoms with Crippen molar-refractivity contribution >= 4 is 17.3 Å². The van der Waals surface area contributed by atoms with Gasteiger partial charge in [0.1, 0.15) is 5.82 Å². The van der Waals surface area contributed by atoms with E-state index in [-0.39, 0.29) is 0 Å². The van der Waals surface area contributed by atoms with Crippen molar-refractivity contribution in [2.24, 2.45) is 0 Å². The summed E-state index contributed by atoms with van der Waals surface area (Å²) >= 11 is 0. The van der Waals surface area contributed by atoms with Gasteiger partial charge in [-0.25, -0.2) is 4.98 Å². The van der Waals surface area contributed by atoms with Crippen LogP contribution in [0.2, 0.25) is 0 Å². The Morgan fingerprint density at radius 1 is 1.19 bits per heavy atom. The second-order valence-corrected chi connectivity index (χ2v) is 3.77. The van der Waals surface area contributed by atoms with Crippen molar-refractivity contribution in [1.82, 2.24) is 9.97 Å². The third-order valence-electron chi connectivity index (χ3n) is 2.31. The van der Waals surface area contributed by atoms with Gasteiger partial charge in [-0.1, -0.05) is 12.1 Å². The Kier molecular flexibility index (Phi) is 2.72. The number of hydrogen-bond donors (Lipinski definition) is 2. The lowest BCUT2D eigenvalue weighted by molar-refractivity contribution is 1.20. The van der Waals surface area contributed by atoms with Gasteiger partial charge in [-0.15, -0.1) is 0 Å². The van der Waals surface area contributed by atoms with Gasteiger partial charge in [-0.05, 0) is 31.0 Å². The van der Waals surface area contributed by atoms with Gasteiger partial charge >= 0.3 is 0 Å². The highest BCUT2D eigenvalue weighted by Crippen LogP contribution is 2.20. The molecule has 0 radical (unpaired) electrons. The van der Waals surface area contributed by atoms with Gasteiger partial charge in [0.25, 0.3) is 0 Å². The SMILES string of the molecule is Cc1ccc(C)c(Nc2cncc(N)n2)c1.